The van der Waals surface area contributed by atoms with Gasteiger partial charge in [0.1, 0.15) is 0 Å². The monoisotopic (exact) mass is 436 g/mol. The highest BCUT2D eigenvalue weighted by Crippen LogP contribution is 2.16. The Morgan fingerprint density at radius 3 is 2.09 bits per heavy atom. The zero-order valence-corrected chi connectivity index (χ0v) is 18.8. The van der Waals surface area contributed by atoms with Crippen LogP contribution in [0.3, 0.4) is 0 Å². The van der Waals surface area contributed by atoms with E-state index in [0.717, 1.165) is 38.0 Å². The van der Waals surface area contributed by atoms with Crippen molar-refractivity contribution in [3.8, 4) is 0 Å². The van der Waals surface area contributed by atoms with Gasteiger partial charge in [-0.15, -0.1) is 0 Å². The number of nitrogens with one attached hydrogen (secondary N) is 3. The van der Waals surface area contributed by atoms with Crippen LogP contribution >= 0.6 is 0 Å². The SMILES string of the molecule is CCC(C)NC(=O)c1ccc(NC(=O)CNc2ccc(C(=O)N3CCCCC3)cc2)cc1. The highest BCUT2D eigenvalue weighted by molar-refractivity contribution is 5.97. The maximum absolute atomic E-state index is 12.5. The van der Waals surface area contributed by atoms with E-state index >= 15 is 0 Å². The van der Waals surface area contributed by atoms with Crippen molar-refractivity contribution in [1.82, 2.24) is 10.2 Å². The molecule has 1 aliphatic heterocycles. The molecule has 0 bridgehead atoms. The molecule has 170 valence electrons. The molecule has 2 aromatic carbocycles. The molecule has 3 N–H and O–H groups in total. The van der Waals surface area contributed by atoms with Gasteiger partial charge in [0.15, 0.2) is 0 Å². The van der Waals surface area contributed by atoms with Gasteiger partial charge in [-0.3, -0.25) is 14.4 Å². The van der Waals surface area contributed by atoms with E-state index in [-0.39, 0.29) is 30.3 Å². The molecular weight excluding hydrogens is 404 g/mol. The molecule has 1 saturated heterocycles. The normalized spacial score (nSPS) is 14.4. The summed E-state index contributed by atoms with van der Waals surface area (Å²) in [6.07, 6.45) is 4.18. The van der Waals surface area contributed by atoms with Crippen LogP contribution in [0.1, 0.15) is 60.2 Å². The van der Waals surface area contributed by atoms with Gasteiger partial charge < -0.3 is 20.9 Å². The average Bonchev–Trinajstić information content (AvgIpc) is 2.83. The van der Waals surface area contributed by atoms with Crippen molar-refractivity contribution in [2.24, 2.45) is 0 Å². The number of anilines is 2. The lowest BCUT2D eigenvalue weighted by Gasteiger charge is -2.26. The van der Waals surface area contributed by atoms with Gasteiger partial charge in [-0.05, 0) is 81.1 Å². The van der Waals surface area contributed by atoms with Crippen LogP contribution in [-0.2, 0) is 4.79 Å². The number of amides is 3. The number of hydrogen-bond donors (Lipinski definition) is 3. The Bertz CT molecular complexity index is 919. The minimum Gasteiger partial charge on any atom is -0.376 e. The van der Waals surface area contributed by atoms with Crippen LogP contribution in [-0.4, -0.2) is 48.3 Å². The largest absolute Gasteiger partial charge is 0.376 e. The quantitative estimate of drug-likeness (QED) is 0.586. The molecule has 1 aliphatic rings. The molecule has 2 aromatic rings. The number of likely N-dealkylation sites (tertiary alicyclic amines) is 1. The van der Waals surface area contributed by atoms with Crippen molar-refractivity contribution in [1.29, 1.82) is 0 Å². The number of rotatable bonds is 8. The Morgan fingerprint density at radius 1 is 0.875 bits per heavy atom. The highest BCUT2D eigenvalue weighted by atomic mass is 16.2. The molecule has 0 spiro atoms. The molecule has 0 aromatic heterocycles. The van der Waals surface area contributed by atoms with E-state index in [9.17, 15) is 14.4 Å². The lowest BCUT2D eigenvalue weighted by molar-refractivity contribution is -0.114. The Balaban J connectivity index is 1.46. The first-order valence-corrected chi connectivity index (χ1v) is 11.3. The summed E-state index contributed by atoms with van der Waals surface area (Å²) >= 11 is 0. The summed E-state index contributed by atoms with van der Waals surface area (Å²) in [5.41, 5.74) is 2.62. The molecule has 32 heavy (non-hydrogen) atoms. The third kappa shape index (κ3) is 6.57. The first-order valence-electron chi connectivity index (χ1n) is 11.3. The van der Waals surface area contributed by atoms with Gasteiger partial charge in [0.2, 0.25) is 5.91 Å². The summed E-state index contributed by atoms with van der Waals surface area (Å²) in [6.45, 7) is 5.71. The second-order valence-electron chi connectivity index (χ2n) is 8.19. The van der Waals surface area contributed by atoms with Gasteiger partial charge in [0, 0.05) is 41.6 Å². The number of piperidine rings is 1. The molecule has 0 aliphatic carbocycles. The fraction of sp³-hybridized carbons (Fsp3) is 0.400. The lowest BCUT2D eigenvalue weighted by Crippen LogP contribution is -2.35. The van der Waals surface area contributed by atoms with E-state index in [1.54, 1.807) is 36.4 Å². The van der Waals surface area contributed by atoms with Crippen molar-refractivity contribution < 1.29 is 14.4 Å². The molecule has 1 fully saturated rings. The van der Waals surface area contributed by atoms with Crippen molar-refractivity contribution in [2.45, 2.75) is 45.6 Å². The first-order chi connectivity index (χ1) is 15.5. The predicted octanol–water partition coefficient (Wildman–Crippen LogP) is 3.89. The summed E-state index contributed by atoms with van der Waals surface area (Å²) in [7, 11) is 0. The minimum atomic E-state index is -0.199. The summed E-state index contributed by atoms with van der Waals surface area (Å²) in [6, 6.07) is 14.1. The third-order valence-electron chi connectivity index (χ3n) is 5.65. The Kier molecular flexibility index (Phi) is 8.25. The van der Waals surface area contributed by atoms with Gasteiger partial charge in [-0.2, -0.15) is 0 Å². The second kappa shape index (κ2) is 11.3. The second-order valence-corrected chi connectivity index (χ2v) is 8.19. The summed E-state index contributed by atoms with van der Waals surface area (Å²) in [4.78, 5) is 38.8. The van der Waals surface area contributed by atoms with Crippen LogP contribution in [0.4, 0.5) is 11.4 Å². The standard InChI is InChI=1S/C25H32N4O3/c1-3-18(2)27-24(31)19-7-13-22(14-8-19)28-23(30)17-26-21-11-9-20(10-12-21)25(32)29-15-5-4-6-16-29/h7-14,18,26H,3-6,15-17H2,1-2H3,(H,27,31)(H,28,30). The molecule has 0 radical (unpaired) electrons. The maximum atomic E-state index is 12.5. The Labute approximate surface area is 189 Å². The Morgan fingerprint density at radius 2 is 1.47 bits per heavy atom. The third-order valence-corrected chi connectivity index (χ3v) is 5.65. The number of carbonyl (C=O) groups excluding carboxylic acids is 3. The van der Waals surface area contributed by atoms with Gasteiger partial charge >= 0.3 is 0 Å². The molecule has 0 saturated carbocycles. The van der Waals surface area contributed by atoms with E-state index < -0.39 is 0 Å². The van der Waals surface area contributed by atoms with E-state index in [1.165, 1.54) is 6.42 Å². The summed E-state index contributed by atoms with van der Waals surface area (Å²) < 4.78 is 0. The van der Waals surface area contributed by atoms with Crippen LogP contribution < -0.4 is 16.0 Å². The van der Waals surface area contributed by atoms with Gasteiger partial charge in [0.25, 0.3) is 11.8 Å². The molecule has 7 nitrogen and oxygen atoms in total. The van der Waals surface area contributed by atoms with Crippen LogP contribution in [0.2, 0.25) is 0 Å². The van der Waals surface area contributed by atoms with E-state index in [4.69, 9.17) is 0 Å². The fourth-order valence-electron chi connectivity index (χ4n) is 3.51. The molecule has 1 unspecified atom stereocenters. The number of hydrogen-bond acceptors (Lipinski definition) is 4. The minimum absolute atomic E-state index is 0.0651. The molecule has 1 atom stereocenters. The number of carbonyl (C=O) groups is 3. The summed E-state index contributed by atoms with van der Waals surface area (Å²) in [5, 5.41) is 8.79. The number of benzene rings is 2. The van der Waals surface area contributed by atoms with E-state index in [2.05, 4.69) is 16.0 Å². The maximum Gasteiger partial charge on any atom is 0.253 e. The van der Waals surface area contributed by atoms with Crippen molar-refractivity contribution in [2.75, 3.05) is 30.3 Å². The molecule has 3 rings (SSSR count). The Hall–Kier alpha value is -3.35. The molecule has 7 heteroatoms. The molecule has 3 amide bonds. The van der Waals surface area contributed by atoms with Crippen LogP contribution in [0, 0.1) is 0 Å². The zero-order chi connectivity index (χ0) is 22.9. The topological polar surface area (TPSA) is 90.5 Å². The first kappa shape index (κ1) is 23.3. The predicted molar refractivity (Wildman–Crippen MR) is 127 cm³/mol. The van der Waals surface area contributed by atoms with Crippen molar-refractivity contribution >= 4 is 29.1 Å². The van der Waals surface area contributed by atoms with Crippen LogP contribution in [0.25, 0.3) is 0 Å². The van der Waals surface area contributed by atoms with Crippen LogP contribution in [0.5, 0.6) is 0 Å². The average molecular weight is 437 g/mol. The molecule has 1 heterocycles. The van der Waals surface area contributed by atoms with Crippen LogP contribution in [0.15, 0.2) is 48.5 Å². The van der Waals surface area contributed by atoms with Gasteiger partial charge in [-0.25, -0.2) is 0 Å². The zero-order valence-electron chi connectivity index (χ0n) is 18.8. The highest BCUT2D eigenvalue weighted by Gasteiger charge is 2.18. The molecular formula is C25H32N4O3. The van der Waals surface area contributed by atoms with Gasteiger partial charge in [-0.1, -0.05) is 6.92 Å². The van der Waals surface area contributed by atoms with E-state index in [1.807, 2.05) is 30.9 Å². The summed E-state index contributed by atoms with van der Waals surface area (Å²) in [5.74, 6) is -0.258. The lowest BCUT2D eigenvalue weighted by atomic mass is 10.1. The van der Waals surface area contributed by atoms with E-state index in [0.29, 0.717) is 16.8 Å². The smallest absolute Gasteiger partial charge is 0.253 e. The van der Waals surface area contributed by atoms with Crippen molar-refractivity contribution in [3.05, 3.63) is 59.7 Å². The number of nitrogens with zero attached hydrogens (tertiary/aromatic N) is 1. The fourth-order valence-corrected chi connectivity index (χ4v) is 3.51. The van der Waals surface area contributed by atoms with Crippen molar-refractivity contribution in [3.63, 3.8) is 0 Å². The van der Waals surface area contributed by atoms with Gasteiger partial charge in [0.05, 0.1) is 6.54 Å².